The van der Waals surface area contributed by atoms with E-state index in [1.807, 2.05) is 0 Å². The fraction of sp³-hybridized carbons (Fsp3) is 0.423. The predicted molar refractivity (Wildman–Crippen MR) is 132 cm³/mol. The van der Waals surface area contributed by atoms with Crippen molar-refractivity contribution in [1.29, 1.82) is 0 Å². The monoisotopic (exact) mass is 579 g/mol. The van der Waals surface area contributed by atoms with Gasteiger partial charge in [-0.15, -0.1) is 4.73 Å². The Morgan fingerprint density at radius 2 is 1.32 bits per heavy atom. The van der Waals surface area contributed by atoms with Gasteiger partial charge in [0.05, 0.1) is 0 Å². The van der Waals surface area contributed by atoms with Crippen LogP contribution in [-0.2, 0) is 54.2 Å². The number of benzene rings is 1. The fourth-order valence-electron chi connectivity index (χ4n) is 4.15. The van der Waals surface area contributed by atoms with Gasteiger partial charge in [-0.05, 0) is 11.1 Å². The van der Waals surface area contributed by atoms with Crippen molar-refractivity contribution in [3.8, 4) is 11.8 Å². The molecule has 1 aromatic carbocycles. The highest BCUT2D eigenvalue weighted by molar-refractivity contribution is 5.69. The van der Waals surface area contributed by atoms with Gasteiger partial charge in [-0.2, -0.15) is 0 Å². The molecule has 1 aliphatic rings. The molecule has 0 bridgehead atoms. The molecule has 0 unspecified atom stereocenters. The molecule has 0 saturated carbocycles. The molecule has 15 heteroatoms. The van der Waals surface area contributed by atoms with Gasteiger partial charge in [0.15, 0.2) is 18.3 Å². The minimum absolute atomic E-state index is 0.310. The molecule has 41 heavy (non-hydrogen) atoms. The van der Waals surface area contributed by atoms with E-state index < -0.39 is 85.5 Å². The Bertz CT molecular complexity index is 1270. The number of ether oxygens (including phenoxy) is 6. The van der Waals surface area contributed by atoms with Crippen molar-refractivity contribution in [1.82, 2.24) is 4.73 Å². The van der Waals surface area contributed by atoms with Crippen molar-refractivity contribution in [2.75, 3.05) is 6.61 Å². The average molecular weight is 580 g/mol. The van der Waals surface area contributed by atoms with E-state index >= 15 is 0 Å². The summed E-state index contributed by atoms with van der Waals surface area (Å²) in [6.45, 7) is 3.65. The first-order valence-electron chi connectivity index (χ1n) is 12.2. The molecule has 0 spiro atoms. The van der Waals surface area contributed by atoms with E-state index in [-0.39, 0.29) is 0 Å². The standard InChI is InChI=1S/C26H29NO14/c1-13(28)35-12-19-23(37-14(2)29)25(39-16(4)31)24(38-15(3)30)22(40-19)18-8-6-5-7-17(18)11-36-26(34)41-27-20(32)9-10-21(27)33/h5-10,19,22-25,32-33H,11-12H2,1-4H3/t19-,22-,23+,24+,25+/m1/s1. The van der Waals surface area contributed by atoms with Gasteiger partial charge in [-0.25, -0.2) is 4.79 Å². The number of aromatic hydroxyl groups is 2. The summed E-state index contributed by atoms with van der Waals surface area (Å²) in [5.74, 6) is -4.10. The van der Waals surface area contributed by atoms with Crippen LogP contribution in [0.5, 0.6) is 11.8 Å². The predicted octanol–water partition coefficient (Wildman–Crippen LogP) is 1.46. The van der Waals surface area contributed by atoms with Crippen LogP contribution >= 0.6 is 0 Å². The van der Waals surface area contributed by atoms with Gasteiger partial charge >= 0.3 is 30.0 Å². The van der Waals surface area contributed by atoms with Crippen molar-refractivity contribution < 1.29 is 67.4 Å². The molecule has 3 rings (SSSR count). The molecule has 15 nitrogen and oxygen atoms in total. The van der Waals surface area contributed by atoms with Crippen LogP contribution in [0, 0.1) is 0 Å². The number of nitrogens with zero attached hydrogens (tertiary/aromatic N) is 1. The van der Waals surface area contributed by atoms with Crippen LogP contribution in [0.25, 0.3) is 0 Å². The van der Waals surface area contributed by atoms with Crippen molar-refractivity contribution in [2.24, 2.45) is 0 Å². The zero-order valence-electron chi connectivity index (χ0n) is 22.5. The molecule has 1 aromatic heterocycles. The van der Waals surface area contributed by atoms with Crippen LogP contribution < -0.4 is 4.84 Å². The molecule has 1 saturated heterocycles. The lowest BCUT2D eigenvalue weighted by atomic mass is 9.88. The fourth-order valence-corrected chi connectivity index (χ4v) is 4.15. The maximum atomic E-state index is 12.3. The summed E-state index contributed by atoms with van der Waals surface area (Å²) in [7, 11) is 0. The van der Waals surface area contributed by atoms with Crippen molar-refractivity contribution >= 4 is 30.0 Å². The van der Waals surface area contributed by atoms with Crippen LogP contribution in [0.1, 0.15) is 44.9 Å². The third kappa shape index (κ3) is 8.11. The zero-order valence-corrected chi connectivity index (χ0v) is 22.5. The number of carbonyl (C=O) groups excluding carboxylic acids is 5. The SMILES string of the molecule is CC(=O)OC[C@H]1O[C@H](c2ccccc2COC(=O)On2c(O)ccc2O)[C@H](OC(C)=O)[C@@H](OC(C)=O)[C@H]1OC(C)=O. The van der Waals surface area contributed by atoms with Crippen molar-refractivity contribution in [3.05, 3.63) is 47.5 Å². The first-order chi connectivity index (χ1) is 19.4. The number of rotatable bonds is 9. The summed E-state index contributed by atoms with van der Waals surface area (Å²) < 4.78 is 33.2. The van der Waals surface area contributed by atoms with Gasteiger partial charge in [0.2, 0.25) is 11.8 Å². The third-order valence-corrected chi connectivity index (χ3v) is 5.66. The lowest BCUT2D eigenvalue weighted by molar-refractivity contribution is -0.254. The zero-order chi connectivity index (χ0) is 30.3. The van der Waals surface area contributed by atoms with E-state index in [1.165, 1.54) is 0 Å². The molecule has 0 aliphatic carbocycles. The molecule has 1 fully saturated rings. The van der Waals surface area contributed by atoms with Gasteiger partial charge < -0.3 is 38.6 Å². The highest BCUT2D eigenvalue weighted by atomic mass is 16.8. The van der Waals surface area contributed by atoms with Crippen LogP contribution in [-0.4, -0.2) is 76.0 Å². The quantitative estimate of drug-likeness (QED) is 0.320. The number of hydrogen-bond donors (Lipinski definition) is 2. The summed E-state index contributed by atoms with van der Waals surface area (Å²) in [6, 6.07) is 8.52. The Labute approximate surface area is 233 Å². The molecule has 5 atom stereocenters. The number of esters is 4. The second-order valence-electron chi connectivity index (χ2n) is 8.79. The summed E-state index contributed by atoms with van der Waals surface area (Å²) in [5.41, 5.74) is 0.635. The summed E-state index contributed by atoms with van der Waals surface area (Å²) in [6.07, 6.45) is -7.76. The molecule has 2 heterocycles. The second kappa shape index (κ2) is 13.5. The van der Waals surface area contributed by atoms with Gasteiger partial charge in [0, 0.05) is 39.8 Å². The Morgan fingerprint density at radius 3 is 1.90 bits per heavy atom. The number of hydrogen-bond acceptors (Lipinski definition) is 14. The highest BCUT2D eigenvalue weighted by Crippen LogP contribution is 2.39. The first-order valence-corrected chi connectivity index (χ1v) is 12.2. The molecule has 2 aromatic rings. The van der Waals surface area contributed by atoms with Crippen LogP contribution in [0.15, 0.2) is 36.4 Å². The van der Waals surface area contributed by atoms with Crippen molar-refractivity contribution in [2.45, 2.75) is 64.8 Å². The van der Waals surface area contributed by atoms with E-state index in [9.17, 15) is 34.2 Å². The topological polar surface area (TPSA) is 195 Å². The van der Waals surface area contributed by atoms with Crippen molar-refractivity contribution in [3.63, 3.8) is 0 Å². The summed E-state index contributed by atoms with van der Waals surface area (Å²) in [5, 5.41) is 19.3. The second-order valence-corrected chi connectivity index (χ2v) is 8.79. The van der Waals surface area contributed by atoms with Gasteiger partial charge in [-0.3, -0.25) is 24.0 Å². The molecule has 0 amide bonds. The highest BCUT2D eigenvalue weighted by Gasteiger charge is 2.52. The lowest BCUT2D eigenvalue weighted by Crippen LogP contribution is -2.59. The Balaban J connectivity index is 1.97. The molecule has 2 N–H and O–H groups in total. The van der Waals surface area contributed by atoms with E-state index in [0.717, 1.165) is 39.8 Å². The number of aromatic nitrogens is 1. The molecule has 0 radical (unpaired) electrons. The summed E-state index contributed by atoms with van der Waals surface area (Å²) in [4.78, 5) is 64.7. The molecular formula is C26H29NO14. The lowest BCUT2D eigenvalue weighted by Gasteiger charge is -2.45. The summed E-state index contributed by atoms with van der Waals surface area (Å²) >= 11 is 0. The van der Waals surface area contributed by atoms with E-state index in [4.69, 9.17) is 33.3 Å². The largest absolute Gasteiger partial charge is 0.534 e. The van der Waals surface area contributed by atoms with Crippen LogP contribution in [0.3, 0.4) is 0 Å². The molecule has 222 valence electrons. The first kappa shape index (κ1) is 30.7. The molecule has 1 aliphatic heterocycles. The van der Waals surface area contributed by atoms with Crippen LogP contribution in [0.4, 0.5) is 4.79 Å². The van der Waals surface area contributed by atoms with E-state index in [1.54, 1.807) is 24.3 Å². The Morgan fingerprint density at radius 1 is 0.756 bits per heavy atom. The Kier molecular flexibility index (Phi) is 10.1. The normalized spacial score (nSPS) is 21.7. The minimum atomic E-state index is -1.39. The van der Waals surface area contributed by atoms with Gasteiger partial charge in [0.25, 0.3) is 0 Å². The van der Waals surface area contributed by atoms with Gasteiger partial charge in [-0.1, -0.05) is 24.3 Å². The van der Waals surface area contributed by atoms with Crippen LogP contribution in [0.2, 0.25) is 0 Å². The maximum absolute atomic E-state index is 12.3. The number of carbonyl (C=O) groups is 5. The Hall–Kier alpha value is -4.79. The minimum Gasteiger partial charge on any atom is -0.492 e. The average Bonchev–Trinajstić information content (AvgIpc) is 3.20. The van der Waals surface area contributed by atoms with Gasteiger partial charge in [0.1, 0.15) is 25.4 Å². The smallest absolute Gasteiger partial charge is 0.492 e. The molecular weight excluding hydrogens is 550 g/mol. The maximum Gasteiger partial charge on any atom is 0.534 e. The third-order valence-electron chi connectivity index (χ3n) is 5.66. The van der Waals surface area contributed by atoms with E-state index in [2.05, 4.69) is 0 Å². The van der Waals surface area contributed by atoms with E-state index in [0.29, 0.717) is 15.9 Å².